The fourth-order valence-electron chi connectivity index (χ4n) is 2.75. The van der Waals surface area contributed by atoms with Crippen molar-refractivity contribution < 1.29 is 9.53 Å². The third kappa shape index (κ3) is 3.92. The molecule has 0 saturated carbocycles. The Labute approximate surface area is 115 Å². The van der Waals surface area contributed by atoms with Gasteiger partial charge >= 0.3 is 0 Å². The van der Waals surface area contributed by atoms with Crippen molar-refractivity contribution in [2.75, 3.05) is 32.8 Å². The molecule has 2 aliphatic rings. The smallest absolute Gasteiger partial charge is 0.222 e. The summed E-state index contributed by atoms with van der Waals surface area (Å²) in [5.41, 5.74) is 0. The summed E-state index contributed by atoms with van der Waals surface area (Å²) in [5, 5.41) is 8.88. The molecule has 0 aromatic carbocycles. The van der Waals surface area contributed by atoms with Crippen molar-refractivity contribution in [2.45, 2.75) is 44.8 Å². The van der Waals surface area contributed by atoms with Crippen LogP contribution < -0.4 is 0 Å². The van der Waals surface area contributed by atoms with Crippen LogP contribution in [0.25, 0.3) is 0 Å². The Morgan fingerprint density at radius 2 is 2.16 bits per heavy atom. The van der Waals surface area contributed by atoms with Crippen LogP contribution in [0.5, 0.6) is 0 Å². The molecule has 2 fully saturated rings. The van der Waals surface area contributed by atoms with Crippen molar-refractivity contribution in [2.24, 2.45) is 0 Å². The molecule has 2 atom stereocenters. The average Bonchev–Trinajstić information content (AvgIpc) is 2.97. The first-order valence-corrected chi connectivity index (χ1v) is 7.23. The van der Waals surface area contributed by atoms with Crippen LogP contribution in [0.2, 0.25) is 0 Å². The van der Waals surface area contributed by atoms with Crippen LogP contribution in [0.15, 0.2) is 0 Å². The van der Waals surface area contributed by atoms with E-state index in [1.54, 1.807) is 0 Å². The van der Waals surface area contributed by atoms with Crippen LogP contribution in [0.1, 0.15) is 32.6 Å². The van der Waals surface area contributed by atoms with Crippen LogP contribution in [-0.2, 0) is 9.53 Å². The standard InChI is InChI=1S/C14H23N3O2/c1-12(11-15)16-6-8-17(9-7-16)14(18)5-4-13-3-2-10-19-13/h12-13H,2-10H2,1H3. The van der Waals surface area contributed by atoms with Gasteiger partial charge in [-0.2, -0.15) is 5.26 Å². The van der Waals surface area contributed by atoms with Crippen LogP contribution in [0, 0.1) is 11.3 Å². The van der Waals surface area contributed by atoms with E-state index in [0.717, 1.165) is 52.0 Å². The molecule has 2 aliphatic heterocycles. The van der Waals surface area contributed by atoms with E-state index in [1.165, 1.54) is 0 Å². The van der Waals surface area contributed by atoms with E-state index in [4.69, 9.17) is 10.00 Å². The van der Waals surface area contributed by atoms with Gasteiger partial charge in [0.15, 0.2) is 0 Å². The Morgan fingerprint density at radius 1 is 1.42 bits per heavy atom. The van der Waals surface area contributed by atoms with Crippen molar-refractivity contribution in [3.63, 3.8) is 0 Å². The number of amides is 1. The number of nitrogens with zero attached hydrogens (tertiary/aromatic N) is 3. The van der Waals surface area contributed by atoms with E-state index < -0.39 is 0 Å². The molecule has 0 N–H and O–H groups in total. The van der Waals surface area contributed by atoms with Crippen LogP contribution in [0.3, 0.4) is 0 Å². The number of hydrogen-bond acceptors (Lipinski definition) is 4. The van der Waals surface area contributed by atoms with Gasteiger partial charge in [-0.3, -0.25) is 9.69 Å². The van der Waals surface area contributed by atoms with E-state index in [9.17, 15) is 4.79 Å². The summed E-state index contributed by atoms with van der Waals surface area (Å²) in [4.78, 5) is 16.1. The first-order valence-electron chi connectivity index (χ1n) is 7.23. The largest absolute Gasteiger partial charge is 0.378 e. The van der Waals surface area contributed by atoms with E-state index >= 15 is 0 Å². The first kappa shape index (κ1) is 14.3. The second-order valence-electron chi connectivity index (χ2n) is 5.40. The molecule has 2 unspecified atom stereocenters. The fraction of sp³-hybridized carbons (Fsp3) is 0.857. The zero-order valence-electron chi connectivity index (χ0n) is 11.7. The summed E-state index contributed by atoms with van der Waals surface area (Å²) in [5.74, 6) is 0.236. The first-order chi connectivity index (χ1) is 9.20. The zero-order chi connectivity index (χ0) is 13.7. The lowest BCUT2D eigenvalue weighted by Gasteiger charge is -2.36. The minimum Gasteiger partial charge on any atom is -0.378 e. The fourth-order valence-corrected chi connectivity index (χ4v) is 2.75. The van der Waals surface area contributed by atoms with E-state index in [-0.39, 0.29) is 11.9 Å². The van der Waals surface area contributed by atoms with Gasteiger partial charge in [0.25, 0.3) is 0 Å². The molecular formula is C14H23N3O2. The van der Waals surface area contributed by atoms with Crippen LogP contribution in [0.4, 0.5) is 0 Å². The minimum atomic E-state index is -0.0517. The number of piperazine rings is 1. The van der Waals surface area contributed by atoms with Crippen molar-refractivity contribution in [3.05, 3.63) is 0 Å². The molecule has 0 aliphatic carbocycles. The highest BCUT2D eigenvalue weighted by atomic mass is 16.5. The van der Waals surface area contributed by atoms with E-state index in [1.807, 2.05) is 11.8 Å². The molecule has 0 radical (unpaired) electrons. The molecule has 2 saturated heterocycles. The molecule has 0 spiro atoms. The van der Waals surface area contributed by atoms with Gasteiger partial charge in [-0.1, -0.05) is 0 Å². The topological polar surface area (TPSA) is 56.6 Å². The number of carbonyl (C=O) groups excluding carboxylic acids is 1. The maximum atomic E-state index is 12.1. The Hall–Kier alpha value is -1.12. The molecule has 19 heavy (non-hydrogen) atoms. The lowest BCUT2D eigenvalue weighted by molar-refractivity contribution is -0.133. The Balaban J connectivity index is 1.68. The van der Waals surface area contributed by atoms with Gasteiger partial charge < -0.3 is 9.64 Å². The van der Waals surface area contributed by atoms with E-state index in [2.05, 4.69) is 11.0 Å². The summed E-state index contributed by atoms with van der Waals surface area (Å²) in [6.07, 6.45) is 3.97. The monoisotopic (exact) mass is 265 g/mol. The third-order valence-electron chi connectivity index (χ3n) is 4.11. The Kier molecular flexibility index (Phi) is 5.17. The van der Waals surface area contributed by atoms with Crippen LogP contribution >= 0.6 is 0 Å². The van der Waals surface area contributed by atoms with Gasteiger partial charge in [0.05, 0.1) is 18.2 Å². The summed E-state index contributed by atoms with van der Waals surface area (Å²) in [7, 11) is 0. The van der Waals surface area contributed by atoms with Crippen molar-refractivity contribution in [1.29, 1.82) is 5.26 Å². The van der Waals surface area contributed by atoms with Crippen molar-refractivity contribution in [1.82, 2.24) is 9.80 Å². The van der Waals surface area contributed by atoms with Gasteiger partial charge in [-0.25, -0.2) is 0 Å². The maximum absolute atomic E-state index is 12.1. The lowest BCUT2D eigenvalue weighted by Crippen LogP contribution is -2.51. The Morgan fingerprint density at radius 3 is 2.74 bits per heavy atom. The number of ether oxygens (including phenoxy) is 1. The van der Waals surface area contributed by atoms with E-state index in [0.29, 0.717) is 12.5 Å². The molecule has 2 heterocycles. The summed E-state index contributed by atoms with van der Waals surface area (Å²) < 4.78 is 5.54. The normalized spacial score (nSPS) is 26.1. The average molecular weight is 265 g/mol. The summed E-state index contributed by atoms with van der Waals surface area (Å²) in [6, 6.07) is 2.20. The highest BCUT2D eigenvalue weighted by molar-refractivity contribution is 5.76. The maximum Gasteiger partial charge on any atom is 0.222 e. The number of nitriles is 1. The molecule has 0 aromatic heterocycles. The Bertz CT molecular complexity index is 339. The molecule has 5 heteroatoms. The highest BCUT2D eigenvalue weighted by Gasteiger charge is 2.24. The number of carbonyl (C=O) groups is 1. The summed E-state index contributed by atoms with van der Waals surface area (Å²) >= 11 is 0. The van der Waals surface area contributed by atoms with Gasteiger partial charge in [0.1, 0.15) is 0 Å². The third-order valence-corrected chi connectivity index (χ3v) is 4.11. The quantitative estimate of drug-likeness (QED) is 0.761. The van der Waals surface area contributed by atoms with Gasteiger partial charge in [-0.15, -0.1) is 0 Å². The minimum absolute atomic E-state index is 0.0517. The van der Waals surface area contributed by atoms with Gasteiger partial charge in [0, 0.05) is 39.2 Å². The van der Waals surface area contributed by atoms with Gasteiger partial charge in [-0.05, 0) is 26.2 Å². The number of hydrogen-bond donors (Lipinski definition) is 0. The van der Waals surface area contributed by atoms with Gasteiger partial charge in [0.2, 0.25) is 5.91 Å². The zero-order valence-corrected chi connectivity index (χ0v) is 11.7. The summed E-state index contributed by atoms with van der Waals surface area (Å²) in [6.45, 7) is 5.87. The van der Waals surface area contributed by atoms with Crippen LogP contribution in [-0.4, -0.2) is 60.6 Å². The molecular weight excluding hydrogens is 242 g/mol. The van der Waals surface area contributed by atoms with Crippen molar-refractivity contribution in [3.8, 4) is 6.07 Å². The molecule has 0 bridgehead atoms. The molecule has 0 aromatic rings. The number of rotatable bonds is 4. The SMILES string of the molecule is CC(C#N)N1CCN(C(=O)CCC2CCCO2)CC1. The predicted octanol–water partition coefficient (Wildman–Crippen LogP) is 1.00. The second kappa shape index (κ2) is 6.88. The lowest BCUT2D eigenvalue weighted by atomic mass is 10.1. The highest BCUT2D eigenvalue weighted by Crippen LogP contribution is 2.17. The molecule has 2 rings (SSSR count). The molecule has 1 amide bonds. The molecule has 106 valence electrons. The van der Waals surface area contributed by atoms with Crippen molar-refractivity contribution >= 4 is 5.91 Å². The molecule has 5 nitrogen and oxygen atoms in total. The predicted molar refractivity (Wildman–Crippen MR) is 71.4 cm³/mol. The second-order valence-corrected chi connectivity index (χ2v) is 5.40.